The Balaban J connectivity index is 2.41. The molecule has 94 valence electrons. The summed E-state index contributed by atoms with van der Waals surface area (Å²) in [6, 6.07) is 4.70. The van der Waals surface area contributed by atoms with Gasteiger partial charge in [-0.25, -0.2) is 4.79 Å². The average molecular weight is 259 g/mol. The molecule has 7 heteroatoms. The Morgan fingerprint density at radius 1 is 1.59 bits per heavy atom. The summed E-state index contributed by atoms with van der Waals surface area (Å²) in [6.07, 6.45) is 0. The van der Waals surface area contributed by atoms with E-state index in [2.05, 4.69) is 21.2 Å². The number of hydrogen-bond donors (Lipinski definition) is 3. The van der Waals surface area contributed by atoms with E-state index in [1.54, 1.807) is 25.1 Å². The Labute approximate surface area is 105 Å². The number of carbonyl (C=O) groups excluding carboxylic acids is 1. The van der Waals surface area contributed by atoms with Gasteiger partial charge >= 0.3 is 6.03 Å². The second-order valence-electron chi connectivity index (χ2n) is 3.34. The lowest BCUT2D eigenvalue weighted by atomic mass is 10.4. The molecule has 0 saturated carbocycles. The van der Waals surface area contributed by atoms with Crippen molar-refractivity contribution in [3.63, 3.8) is 0 Å². The van der Waals surface area contributed by atoms with Gasteiger partial charge in [-0.2, -0.15) is 4.98 Å². The van der Waals surface area contributed by atoms with E-state index >= 15 is 0 Å². The summed E-state index contributed by atoms with van der Waals surface area (Å²) in [6.45, 7) is 1.80. The van der Waals surface area contributed by atoms with Gasteiger partial charge in [0, 0.05) is 18.0 Å². The molecule has 0 radical (unpaired) electrons. The smallest absolute Gasteiger partial charge is 0.333 e. The number of carbonyl (C=O) groups is 1. The molecule has 0 bridgehead atoms. The van der Waals surface area contributed by atoms with Crippen LogP contribution in [0.2, 0.25) is 0 Å². The van der Waals surface area contributed by atoms with Crippen molar-refractivity contribution in [2.45, 2.75) is 13.0 Å². The third kappa shape index (κ3) is 4.78. The summed E-state index contributed by atoms with van der Waals surface area (Å²) in [4.78, 5) is 15.4. The normalized spacial score (nSPS) is 11.5. The van der Waals surface area contributed by atoms with Crippen molar-refractivity contribution in [2.75, 3.05) is 18.4 Å². The molecule has 1 aromatic rings. The van der Waals surface area contributed by atoms with Gasteiger partial charge in [0.15, 0.2) is 0 Å². The highest BCUT2D eigenvalue weighted by molar-refractivity contribution is 6.18. The van der Waals surface area contributed by atoms with Crippen molar-refractivity contribution in [3.05, 3.63) is 18.2 Å². The summed E-state index contributed by atoms with van der Waals surface area (Å²) in [5.41, 5.74) is 5.09. The molecule has 0 saturated heterocycles. The molecule has 1 unspecified atom stereocenters. The van der Waals surface area contributed by atoms with Crippen molar-refractivity contribution < 1.29 is 9.53 Å². The van der Waals surface area contributed by atoms with Gasteiger partial charge in [0.1, 0.15) is 5.82 Å². The lowest BCUT2D eigenvalue weighted by molar-refractivity contribution is 0.240. The largest absolute Gasteiger partial charge is 0.481 e. The SMILES string of the molecule is COc1cccc(NNC(=O)NC(C)CCl)n1. The van der Waals surface area contributed by atoms with Gasteiger partial charge in [-0.3, -0.25) is 10.9 Å². The van der Waals surface area contributed by atoms with Gasteiger partial charge in [0.25, 0.3) is 0 Å². The van der Waals surface area contributed by atoms with E-state index in [4.69, 9.17) is 16.3 Å². The number of nitrogens with zero attached hydrogens (tertiary/aromatic N) is 1. The molecule has 0 fully saturated rings. The Bertz CT molecular complexity index is 375. The zero-order chi connectivity index (χ0) is 12.7. The van der Waals surface area contributed by atoms with E-state index in [1.807, 2.05) is 0 Å². The fourth-order valence-corrected chi connectivity index (χ4v) is 1.09. The lowest BCUT2D eigenvalue weighted by Crippen LogP contribution is -2.44. The first-order valence-electron chi connectivity index (χ1n) is 5.05. The number of rotatable bonds is 5. The fourth-order valence-electron chi connectivity index (χ4n) is 1.02. The molecule has 2 amide bonds. The van der Waals surface area contributed by atoms with E-state index < -0.39 is 0 Å². The van der Waals surface area contributed by atoms with Crippen LogP contribution in [0.3, 0.4) is 0 Å². The molecule has 0 aliphatic rings. The van der Waals surface area contributed by atoms with Crippen LogP contribution in [0, 0.1) is 0 Å². The zero-order valence-electron chi connectivity index (χ0n) is 9.66. The Morgan fingerprint density at radius 3 is 3.00 bits per heavy atom. The molecular weight excluding hydrogens is 244 g/mol. The van der Waals surface area contributed by atoms with Crippen molar-refractivity contribution in [1.82, 2.24) is 15.7 Å². The maximum Gasteiger partial charge on any atom is 0.333 e. The van der Waals surface area contributed by atoms with Crippen LogP contribution in [0.15, 0.2) is 18.2 Å². The van der Waals surface area contributed by atoms with Crippen molar-refractivity contribution in [3.8, 4) is 5.88 Å². The van der Waals surface area contributed by atoms with E-state index in [0.717, 1.165) is 0 Å². The Kier molecular flexibility index (Phi) is 5.35. The third-order valence-corrected chi connectivity index (χ3v) is 2.31. The Morgan fingerprint density at radius 2 is 2.35 bits per heavy atom. The van der Waals surface area contributed by atoms with Gasteiger partial charge in [0.05, 0.1) is 7.11 Å². The first-order chi connectivity index (χ1) is 8.15. The number of alkyl halides is 1. The number of nitrogens with one attached hydrogen (secondary N) is 3. The van der Waals surface area contributed by atoms with Crippen LogP contribution in [0.1, 0.15) is 6.92 Å². The standard InChI is InChI=1S/C10H15ClN4O2/c1-7(6-11)12-10(16)15-14-8-4-3-5-9(13-8)17-2/h3-5,7H,6H2,1-2H3,(H,13,14)(H2,12,15,16). The maximum absolute atomic E-state index is 11.3. The molecule has 17 heavy (non-hydrogen) atoms. The van der Waals surface area contributed by atoms with Crippen molar-refractivity contribution >= 4 is 23.4 Å². The third-order valence-electron chi connectivity index (χ3n) is 1.85. The first kappa shape index (κ1) is 13.4. The summed E-state index contributed by atoms with van der Waals surface area (Å²) in [5, 5.41) is 2.62. The number of halogens is 1. The van der Waals surface area contributed by atoms with Crippen molar-refractivity contribution in [1.29, 1.82) is 0 Å². The minimum atomic E-state index is -0.372. The van der Waals surface area contributed by atoms with Crippen LogP contribution in [0.5, 0.6) is 5.88 Å². The number of methoxy groups -OCH3 is 1. The highest BCUT2D eigenvalue weighted by Gasteiger charge is 2.05. The molecule has 0 aliphatic carbocycles. The summed E-state index contributed by atoms with van der Waals surface area (Å²) >= 11 is 5.56. The predicted octanol–water partition coefficient (Wildman–Crippen LogP) is 1.34. The van der Waals surface area contributed by atoms with Crippen molar-refractivity contribution in [2.24, 2.45) is 0 Å². The predicted molar refractivity (Wildman–Crippen MR) is 66.3 cm³/mol. The quantitative estimate of drug-likeness (QED) is 0.550. The number of pyridine rings is 1. The number of hydrazine groups is 1. The second-order valence-corrected chi connectivity index (χ2v) is 3.65. The molecule has 1 rings (SSSR count). The fraction of sp³-hybridized carbons (Fsp3) is 0.400. The molecule has 6 nitrogen and oxygen atoms in total. The Hall–Kier alpha value is -1.69. The molecule has 0 spiro atoms. The van der Waals surface area contributed by atoms with Crippen LogP contribution >= 0.6 is 11.6 Å². The molecule has 3 N–H and O–H groups in total. The van der Waals surface area contributed by atoms with Gasteiger partial charge in [-0.05, 0) is 13.0 Å². The summed E-state index contributed by atoms with van der Waals surface area (Å²) in [7, 11) is 1.52. The van der Waals surface area contributed by atoms with Gasteiger partial charge in [-0.15, -0.1) is 11.6 Å². The lowest BCUT2D eigenvalue weighted by Gasteiger charge is -2.12. The van der Waals surface area contributed by atoms with Crippen LogP contribution in [0.4, 0.5) is 10.6 Å². The van der Waals surface area contributed by atoms with E-state index in [1.165, 1.54) is 7.11 Å². The van der Waals surface area contributed by atoms with Crippen LogP contribution < -0.4 is 20.9 Å². The molecular formula is C10H15ClN4O2. The number of urea groups is 1. The summed E-state index contributed by atoms with van der Waals surface area (Å²) < 4.78 is 4.95. The highest BCUT2D eigenvalue weighted by atomic mass is 35.5. The number of hydrogen-bond acceptors (Lipinski definition) is 4. The first-order valence-corrected chi connectivity index (χ1v) is 5.58. The number of anilines is 1. The maximum atomic E-state index is 11.3. The molecule has 0 aromatic carbocycles. The second kappa shape index (κ2) is 6.80. The molecule has 1 heterocycles. The molecule has 1 aromatic heterocycles. The zero-order valence-corrected chi connectivity index (χ0v) is 10.4. The average Bonchev–Trinajstić information content (AvgIpc) is 2.36. The minimum Gasteiger partial charge on any atom is -0.481 e. The van der Waals surface area contributed by atoms with Gasteiger partial charge < -0.3 is 10.1 Å². The van der Waals surface area contributed by atoms with Crippen LogP contribution in [-0.2, 0) is 0 Å². The number of amides is 2. The topological polar surface area (TPSA) is 75.3 Å². The number of ether oxygens (including phenoxy) is 1. The molecule has 0 aliphatic heterocycles. The van der Waals surface area contributed by atoms with E-state index in [-0.39, 0.29) is 12.1 Å². The highest BCUT2D eigenvalue weighted by Crippen LogP contribution is 2.09. The van der Waals surface area contributed by atoms with Gasteiger partial charge in [0.2, 0.25) is 5.88 Å². The number of aromatic nitrogens is 1. The summed E-state index contributed by atoms with van der Waals surface area (Å²) in [5.74, 6) is 1.30. The van der Waals surface area contributed by atoms with Crippen LogP contribution in [0.25, 0.3) is 0 Å². The van der Waals surface area contributed by atoms with Crippen LogP contribution in [-0.4, -0.2) is 30.0 Å². The van der Waals surface area contributed by atoms with E-state index in [9.17, 15) is 4.79 Å². The molecule has 1 atom stereocenters. The minimum absolute atomic E-state index is 0.100. The van der Waals surface area contributed by atoms with E-state index in [0.29, 0.717) is 17.6 Å². The van der Waals surface area contributed by atoms with Gasteiger partial charge in [-0.1, -0.05) is 6.07 Å². The monoisotopic (exact) mass is 258 g/mol.